The Hall–Kier alpha value is -2.50. The number of likely N-dealkylation sites (tertiary alicyclic amines) is 1. The van der Waals surface area contributed by atoms with Gasteiger partial charge < -0.3 is 14.4 Å². The van der Waals surface area contributed by atoms with Gasteiger partial charge in [0.25, 0.3) is 0 Å². The lowest BCUT2D eigenvalue weighted by Gasteiger charge is -2.35. The van der Waals surface area contributed by atoms with Crippen molar-refractivity contribution in [2.75, 3.05) is 26.8 Å². The smallest absolute Gasteiger partial charge is 0.229 e. The van der Waals surface area contributed by atoms with Gasteiger partial charge in [0, 0.05) is 31.9 Å². The van der Waals surface area contributed by atoms with E-state index < -0.39 is 0 Å². The lowest BCUT2D eigenvalue weighted by atomic mass is 9.92. The highest BCUT2D eigenvalue weighted by molar-refractivity contribution is 5.80. The number of rotatable bonds is 4. The minimum absolute atomic E-state index is 0.0868. The normalized spacial score (nSPS) is 20.1. The number of fused-ring (bicyclic) bond motifs is 1. The Morgan fingerprint density at radius 2 is 2.15 bits per heavy atom. The number of amides is 1. The zero-order valence-corrected chi connectivity index (χ0v) is 16.1. The molecule has 1 amide bonds. The van der Waals surface area contributed by atoms with Gasteiger partial charge in [-0.3, -0.25) is 9.48 Å². The van der Waals surface area contributed by atoms with E-state index in [0.717, 1.165) is 56.0 Å². The third-order valence-corrected chi connectivity index (χ3v) is 5.66. The molecule has 1 atom stereocenters. The molecule has 4 rings (SSSR count). The molecule has 2 aliphatic heterocycles. The maximum atomic E-state index is 13.0. The number of carbonyl (C=O) groups is 1. The minimum atomic E-state index is -0.0868. The Kier molecular flexibility index (Phi) is 5.05. The Morgan fingerprint density at radius 1 is 1.33 bits per heavy atom. The van der Waals surface area contributed by atoms with Crippen molar-refractivity contribution in [3.05, 3.63) is 41.7 Å². The Balaban J connectivity index is 1.31. The summed E-state index contributed by atoms with van der Waals surface area (Å²) in [6.45, 7) is 5.11. The number of aryl methyl sites for hydroxylation is 1. The van der Waals surface area contributed by atoms with Gasteiger partial charge in [0.05, 0.1) is 19.2 Å². The van der Waals surface area contributed by atoms with Crippen LogP contribution in [-0.4, -0.2) is 47.4 Å². The van der Waals surface area contributed by atoms with Crippen LogP contribution in [0.3, 0.4) is 0 Å². The van der Waals surface area contributed by atoms with Crippen LogP contribution in [0, 0.1) is 18.8 Å². The van der Waals surface area contributed by atoms with Gasteiger partial charge in [0.1, 0.15) is 18.1 Å². The topological polar surface area (TPSA) is 56.6 Å². The zero-order valence-electron chi connectivity index (χ0n) is 16.1. The first-order valence-electron chi connectivity index (χ1n) is 9.70. The van der Waals surface area contributed by atoms with Crippen molar-refractivity contribution in [2.24, 2.45) is 11.8 Å². The second kappa shape index (κ2) is 7.62. The molecule has 0 bridgehead atoms. The number of aromatic nitrogens is 2. The van der Waals surface area contributed by atoms with Gasteiger partial charge in [-0.1, -0.05) is 6.07 Å². The number of benzene rings is 1. The van der Waals surface area contributed by atoms with Crippen LogP contribution < -0.4 is 9.47 Å². The molecule has 1 saturated heterocycles. The Morgan fingerprint density at radius 3 is 2.85 bits per heavy atom. The third kappa shape index (κ3) is 3.94. The molecule has 0 radical (unpaired) electrons. The molecule has 144 valence electrons. The van der Waals surface area contributed by atoms with Gasteiger partial charge >= 0.3 is 0 Å². The summed E-state index contributed by atoms with van der Waals surface area (Å²) in [5, 5.41) is 4.38. The molecule has 0 spiro atoms. The van der Waals surface area contributed by atoms with Crippen LogP contribution in [0.4, 0.5) is 0 Å². The van der Waals surface area contributed by atoms with Gasteiger partial charge in [-0.05, 0) is 49.3 Å². The molecule has 3 heterocycles. The van der Waals surface area contributed by atoms with E-state index >= 15 is 0 Å². The Bertz CT molecular complexity index is 809. The van der Waals surface area contributed by atoms with E-state index in [-0.39, 0.29) is 11.8 Å². The molecule has 0 N–H and O–H groups in total. The number of methoxy groups -OCH3 is 1. The van der Waals surface area contributed by atoms with Crippen LogP contribution >= 0.6 is 0 Å². The van der Waals surface area contributed by atoms with Crippen LogP contribution in [0.2, 0.25) is 0 Å². The SMILES string of the molecule is COc1ccc2c(c1)OC[C@@H](C(=O)N1CCC(Cn3cc(C)cn3)CC1)C2. The fraction of sp³-hybridized carbons (Fsp3) is 0.524. The lowest BCUT2D eigenvalue weighted by molar-refractivity contribution is -0.138. The predicted molar refractivity (Wildman–Crippen MR) is 102 cm³/mol. The van der Waals surface area contributed by atoms with Crippen LogP contribution in [0.25, 0.3) is 0 Å². The van der Waals surface area contributed by atoms with Crippen molar-refractivity contribution in [3.63, 3.8) is 0 Å². The van der Waals surface area contributed by atoms with Crippen LogP contribution in [0.5, 0.6) is 11.5 Å². The number of hydrogen-bond donors (Lipinski definition) is 0. The highest BCUT2D eigenvalue weighted by atomic mass is 16.5. The van der Waals surface area contributed by atoms with Gasteiger partial charge in [0.2, 0.25) is 5.91 Å². The van der Waals surface area contributed by atoms with Crippen molar-refractivity contribution in [3.8, 4) is 11.5 Å². The first-order chi connectivity index (χ1) is 13.1. The number of piperidine rings is 1. The van der Waals surface area contributed by atoms with Crippen LogP contribution in [-0.2, 0) is 17.8 Å². The molecule has 1 fully saturated rings. The monoisotopic (exact) mass is 369 g/mol. The summed E-state index contributed by atoms with van der Waals surface area (Å²) >= 11 is 0. The van der Waals surface area contributed by atoms with Gasteiger partial charge in [-0.25, -0.2) is 0 Å². The largest absolute Gasteiger partial charge is 0.497 e. The molecular formula is C21H27N3O3. The van der Waals surface area contributed by atoms with E-state index in [0.29, 0.717) is 12.5 Å². The van der Waals surface area contributed by atoms with Gasteiger partial charge in [-0.2, -0.15) is 5.10 Å². The standard InChI is InChI=1S/C21H27N3O3/c1-15-11-22-24(12-15)13-16-5-7-23(8-6-16)21(25)18-9-17-3-4-19(26-2)10-20(17)27-14-18/h3-4,10-12,16,18H,5-9,13-14H2,1-2H3/t18-/m0/s1. The summed E-state index contributed by atoms with van der Waals surface area (Å²) in [5.41, 5.74) is 2.28. The quantitative estimate of drug-likeness (QED) is 0.831. The number of nitrogens with zero attached hydrogens (tertiary/aromatic N) is 3. The molecule has 1 aromatic carbocycles. The van der Waals surface area contributed by atoms with E-state index in [1.54, 1.807) is 7.11 Å². The van der Waals surface area contributed by atoms with Crippen LogP contribution in [0.1, 0.15) is 24.0 Å². The minimum Gasteiger partial charge on any atom is -0.497 e. The first kappa shape index (κ1) is 17.9. The number of carbonyl (C=O) groups excluding carboxylic acids is 1. The van der Waals surface area contributed by atoms with Gasteiger partial charge in [0.15, 0.2) is 0 Å². The van der Waals surface area contributed by atoms with Crippen molar-refractivity contribution < 1.29 is 14.3 Å². The summed E-state index contributed by atoms with van der Waals surface area (Å²) in [6.07, 6.45) is 6.79. The molecule has 1 aromatic heterocycles. The first-order valence-corrected chi connectivity index (χ1v) is 9.70. The molecular weight excluding hydrogens is 342 g/mol. The van der Waals surface area contributed by atoms with E-state index in [4.69, 9.17) is 9.47 Å². The molecule has 0 saturated carbocycles. The Labute approximate surface area is 160 Å². The molecule has 2 aliphatic rings. The van der Waals surface area contributed by atoms with Crippen molar-refractivity contribution in [1.82, 2.24) is 14.7 Å². The summed E-state index contributed by atoms with van der Waals surface area (Å²) in [5.74, 6) is 2.35. The molecule has 6 heteroatoms. The van der Waals surface area contributed by atoms with E-state index in [1.807, 2.05) is 34.0 Å². The maximum absolute atomic E-state index is 13.0. The number of hydrogen-bond acceptors (Lipinski definition) is 4. The second-order valence-corrected chi connectivity index (χ2v) is 7.69. The molecule has 0 unspecified atom stereocenters. The third-order valence-electron chi connectivity index (χ3n) is 5.66. The molecule has 27 heavy (non-hydrogen) atoms. The average Bonchev–Trinajstić information content (AvgIpc) is 3.11. The number of ether oxygens (including phenoxy) is 2. The maximum Gasteiger partial charge on any atom is 0.229 e. The highest BCUT2D eigenvalue weighted by Gasteiger charge is 2.32. The van der Waals surface area contributed by atoms with Crippen molar-refractivity contribution in [1.29, 1.82) is 0 Å². The lowest BCUT2D eigenvalue weighted by Crippen LogP contribution is -2.45. The van der Waals surface area contributed by atoms with E-state index in [1.165, 1.54) is 5.56 Å². The predicted octanol–water partition coefficient (Wildman–Crippen LogP) is 2.69. The van der Waals surface area contributed by atoms with Crippen LogP contribution in [0.15, 0.2) is 30.6 Å². The summed E-state index contributed by atoms with van der Waals surface area (Å²) in [7, 11) is 1.65. The van der Waals surface area contributed by atoms with Crippen molar-refractivity contribution in [2.45, 2.75) is 32.7 Å². The summed E-state index contributed by atoms with van der Waals surface area (Å²) in [4.78, 5) is 15.0. The van der Waals surface area contributed by atoms with Crippen molar-refractivity contribution >= 4 is 5.91 Å². The summed E-state index contributed by atoms with van der Waals surface area (Å²) < 4.78 is 13.1. The fourth-order valence-electron chi connectivity index (χ4n) is 4.06. The summed E-state index contributed by atoms with van der Waals surface area (Å²) in [6, 6.07) is 5.84. The van der Waals surface area contributed by atoms with E-state index in [2.05, 4.69) is 18.2 Å². The second-order valence-electron chi connectivity index (χ2n) is 7.69. The molecule has 2 aromatic rings. The molecule has 6 nitrogen and oxygen atoms in total. The zero-order chi connectivity index (χ0) is 18.8. The van der Waals surface area contributed by atoms with Gasteiger partial charge in [-0.15, -0.1) is 0 Å². The van der Waals surface area contributed by atoms with E-state index in [9.17, 15) is 4.79 Å². The highest BCUT2D eigenvalue weighted by Crippen LogP contribution is 2.32. The average molecular weight is 369 g/mol. The fourth-order valence-corrected chi connectivity index (χ4v) is 4.06. The molecule has 0 aliphatic carbocycles.